The van der Waals surface area contributed by atoms with Gasteiger partial charge >= 0.3 is 11.9 Å². The molecular weight excluding hydrogens is 565 g/mol. The third-order valence-corrected chi connectivity index (χ3v) is 8.24. The number of esters is 1. The van der Waals surface area contributed by atoms with E-state index in [-0.39, 0.29) is 60.7 Å². The highest BCUT2D eigenvalue weighted by Gasteiger charge is 2.31. The number of ether oxygens (including phenoxy) is 2. The Bertz CT molecular complexity index is 1720. The predicted molar refractivity (Wildman–Crippen MR) is 151 cm³/mol. The summed E-state index contributed by atoms with van der Waals surface area (Å²) in [6.07, 6.45) is 3.00. The van der Waals surface area contributed by atoms with Crippen LogP contribution in [0.15, 0.2) is 66.9 Å². The zero-order valence-electron chi connectivity index (χ0n) is 22.7. The highest BCUT2D eigenvalue weighted by Crippen LogP contribution is 2.32. The Balaban J connectivity index is 1.51. The van der Waals surface area contributed by atoms with Gasteiger partial charge in [-0.3, -0.25) is 4.98 Å². The molecule has 1 saturated heterocycles. The summed E-state index contributed by atoms with van der Waals surface area (Å²) in [6, 6.07) is 16.7. The van der Waals surface area contributed by atoms with Crippen molar-refractivity contribution in [3.05, 3.63) is 101 Å². The quantitative estimate of drug-likeness (QED) is 0.283. The molecule has 10 nitrogen and oxygen atoms in total. The molecule has 0 amide bonds. The molecule has 1 aliphatic heterocycles. The summed E-state index contributed by atoms with van der Waals surface area (Å²) >= 11 is 0. The van der Waals surface area contributed by atoms with E-state index in [4.69, 9.17) is 9.47 Å². The normalized spacial score (nSPS) is 14.5. The monoisotopic (exact) mass is 593 g/mol. The first-order chi connectivity index (χ1) is 20.1. The van der Waals surface area contributed by atoms with Gasteiger partial charge in [0.2, 0.25) is 10.0 Å². The molecule has 0 aliphatic carbocycles. The highest BCUT2D eigenvalue weighted by atomic mass is 32.2. The average Bonchev–Trinajstić information content (AvgIpc) is 2.97. The Morgan fingerprint density at radius 3 is 2.33 bits per heavy atom. The Hall–Kier alpha value is -4.42. The number of hydrogen-bond donors (Lipinski definition) is 1. The minimum absolute atomic E-state index is 0.0224. The third kappa shape index (κ3) is 6.72. The van der Waals surface area contributed by atoms with Gasteiger partial charge in [0.25, 0.3) is 0 Å². The lowest BCUT2D eigenvalue weighted by Crippen LogP contribution is -2.40. The molecule has 0 unspecified atom stereocenters. The number of fused-ring (bicyclic) bond motifs is 1. The molecule has 42 heavy (non-hydrogen) atoms. The molecule has 2 aromatic carbocycles. The summed E-state index contributed by atoms with van der Waals surface area (Å²) in [4.78, 5) is 34.4. The van der Waals surface area contributed by atoms with Crippen molar-refractivity contribution in [2.24, 2.45) is 0 Å². The summed E-state index contributed by atoms with van der Waals surface area (Å²) in [5.41, 5.74) is 1.64. The highest BCUT2D eigenvalue weighted by molar-refractivity contribution is 7.88. The topological polar surface area (TPSA) is 136 Å². The Morgan fingerprint density at radius 2 is 1.69 bits per heavy atom. The molecular formula is C30H28FN3O7S. The fourth-order valence-corrected chi connectivity index (χ4v) is 5.67. The van der Waals surface area contributed by atoms with Crippen LogP contribution in [0.25, 0.3) is 10.9 Å². The third-order valence-electron chi connectivity index (χ3n) is 6.94. The summed E-state index contributed by atoms with van der Waals surface area (Å²) in [5.74, 6) is -2.65. The Labute approximate surface area is 241 Å². The molecule has 2 aromatic heterocycles. The van der Waals surface area contributed by atoms with Crippen molar-refractivity contribution in [3.8, 4) is 5.75 Å². The van der Waals surface area contributed by atoms with Crippen LogP contribution in [0.3, 0.4) is 0 Å². The van der Waals surface area contributed by atoms with E-state index in [0.29, 0.717) is 12.0 Å². The van der Waals surface area contributed by atoms with Gasteiger partial charge in [-0.2, -0.15) is 0 Å². The number of nitrogens with zero attached hydrogens (tertiary/aromatic N) is 3. The second-order valence-corrected chi connectivity index (χ2v) is 12.0. The van der Waals surface area contributed by atoms with Gasteiger partial charge in [0.1, 0.15) is 24.0 Å². The maximum Gasteiger partial charge on any atom is 0.361 e. The van der Waals surface area contributed by atoms with Gasteiger partial charge in [-0.25, -0.2) is 31.7 Å². The number of halogens is 1. The van der Waals surface area contributed by atoms with Gasteiger partial charge in [-0.05, 0) is 54.2 Å². The summed E-state index contributed by atoms with van der Waals surface area (Å²) in [5, 5.41) is 10.2. The van der Waals surface area contributed by atoms with Crippen LogP contribution >= 0.6 is 0 Å². The molecule has 1 fully saturated rings. The van der Waals surface area contributed by atoms with Crippen molar-refractivity contribution < 1.29 is 37.0 Å². The zero-order valence-corrected chi connectivity index (χ0v) is 23.5. The summed E-state index contributed by atoms with van der Waals surface area (Å²) in [6.45, 7) is 0.437. The van der Waals surface area contributed by atoms with E-state index >= 15 is 0 Å². The number of carbonyl (C=O) groups excluding carboxylic acids is 1. The lowest BCUT2D eigenvalue weighted by atomic mass is 10.0. The van der Waals surface area contributed by atoms with Gasteiger partial charge in [0, 0.05) is 24.7 Å². The first-order valence-corrected chi connectivity index (χ1v) is 15.1. The molecule has 1 N–H and O–H groups in total. The molecule has 5 rings (SSSR count). The van der Waals surface area contributed by atoms with E-state index in [2.05, 4.69) is 9.97 Å². The summed E-state index contributed by atoms with van der Waals surface area (Å²) in [7, 11) is -3.37. The number of pyridine rings is 2. The van der Waals surface area contributed by atoms with E-state index in [1.54, 1.807) is 24.4 Å². The number of piperidine rings is 1. The van der Waals surface area contributed by atoms with Crippen molar-refractivity contribution >= 4 is 32.9 Å². The first-order valence-electron chi connectivity index (χ1n) is 13.2. The van der Waals surface area contributed by atoms with E-state index < -0.39 is 33.8 Å². The molecule has 12 heteroatoms. The van der Waals surface area contributed by atoms with Crippen molar-refractivity contribution in [1.29, 1.82) is 0 Å². The van der Waals surface area contributed by atoms with E-state index in [0.717, 1.165) is 17.4 Å². The Kier molecular flexibility index (Phi) is 8.46. The van der Waals surface area contributed by atoms with Gasteiger partial charge in [-0.1, -0.05) is 42.5 Å². The Morgan fingerprint density at radius 1 is 1.00 bits per heavy atom. The van der Waals surface area contributed by atoms with Crippen LogP contribution in [0.5, 0.6) is 5.75 Å². The number of aromatic nitrogens is 2. The number of rotatable bonds is 9. The zero-order chi connectivity index (χ0) is 29.9. The molecule has 0 spiro atoms. The van der Waals surface area contributed by atoms with Crippen LogP contribution < -0.4 is 4.74 Å². The van der Waals surface area contributed by atoms with Crippen molar-refractivity contribution in [1.82, 2.24) is 14.3 Å². The maximum absolute atomic E-state index is 13.4. The molecule has 218 valence electrons. The van der Waals surface area contributed by atoms with Gasteiger partial charge < -0.3 is 14.6 Å². The largest absolute Gasteiger partial charge is 0.484 e. The minimum atomic E-state index is -3.37. The maximum atomic E-state index is 13.4. The average molecular weight is 594 g/mol. The van der Waals surface area contributed by atoms with Crippen molar-refractivity contribution in [3.63, 3.8) is 0 Å². The molecule has 3 heterocycles. The lowest BCUT2D eigenvalue weighted by Gasteiger charge is -2.29. The molecule has 0 bridgehead atoms. The van der Waals surface area contributed by atoms with Gasteiger partial charge in [0.05, 0.1) is 6.26 Å². The number of carboxylic acids is 1. The standard InChI is InChI=1S/C30H28FN3O7S/c1-42(38,39)34-13-11-23(12-14-34)41-30(37)27-28(40-18-20-5-3-2-4-6-20)25-24(26(33-27)29(35)36)16-21(17-32-25)15-19-7-9-22(31)10-8-19/h2-10,16-17,23H,11-15,18H2,1H3,(H,35,36). The SMILES string of the molecule is CS(=O)(=O)N1CCC(OC(=O)c2nc(C(=O)O)c3cc(Cc4ccc(F)cc4)cnc3c2OCc2ccccc2)CC1. The number of aromatic carboxylic acids is 1. The van der Waals surface area contributed by atoms with Gasteiger partial charge in [0.15, 0.2) is 17.1 Å². The predicted octanol–water partition coefficient (Wildman–Crippen LogP) is 4.22. The van der Waals surface area contributed by atoms with Crippen LogP contribution in [-0.4, -0.2) is 65.2 Å². The molecule has 4 aromatic rings. The molecule has 0 saturated carbocycles. The smallest absolute Gasteiger partial charge is 0.361 e. The van der Waals surface area contributed by atoms with Gasteiger partial charge in [-0.15, -0.1) is 0 Å². The van der Waals surface area contributed by atoms with Crippen LogP contribution in [0.2, 0.25) is 0 Å². The molecule has 0 atom stereocenters. The molecule has 1 aliphatic rings. The van der Waals surface area contributed by atoms with Crippen molar-refractivity contribution in [2.45, 2.75) is 32.0 Å². The van der Waals surface area contributed by atoms with Crippen LogP contribution in [0, 0.1) is 5.82 Å². The number of carbonyl (C=O) groups is 2. The van der Waals surface area contributed by atoms with E-state index in [9.17, 15) is 27.5 Å². The van der Waals surface area contributed by atoms with E-state index in [1.807, 2.05) is 30.3 Å². The van der Waals surface area contributed by atoms with Crippen molar-refractivity contribution in [2.75, 3.05) is 19.3 Å². The van der Waals surface area contributed by atoms with Crippen LogP contribution in [0.4, 0.5) is 4.39 Å². The second kappa shape index (κ2) is 12.2. The number of hydrogen-bond acceptors (Lipinski definition) is 8. The fourth-order valence-electron chi connectivity index (χ4n) is 4.80. The number of sulfonamides is 1. The minimum Gasteiger partial charge on any atom is -0.484 e. The van der Waals surface area contributed by atoms with Crippen LogP contribution in [-0.2, 0) is 27.8 Å². The van der Waals surface area contributed by atoms with Crippen LogP contribution in [0.1, 0.15) is 50.5 Å². The molecule has 0 radical (unpaired) electrons. The van der Waals surface area contributed by atoms with E-state index in [1.165, 1.54) is 16.4 Å². The lowest BCUT2D eigenvalue weighted by molar-refractivity contribution is 0.0171. The number of benzene rings is 2. The first kappa shape index (κ1) is 29.1. The fraction of sp³-hybridized carbons (Fsp3) is 0.267. The second-order valence-electron chi connectivity index (χ2n) is 10.0. The summed E-state index contributed by atoms with van der Waals surface area (Å²) < 4.78 is 50.1. The number of carboxylic acid groups (broad SMARTS) is 1.